The SMILES string of the molecule is C=C(C(=N)C(C)(CC)CC)C(C)(CC)CC. The summed E-state index contributed by atoms with van der Waals surface area (Å²) in [6.07, 6.45) is 4.16. The molecule has 0 unspecified atom stereocenters. The van der Waals surface area contributed by atoms with Gasteiger partial charge in [-0.1, -0.05) is 48.1 Å². The Morgan fingerprint density at radius 2 is 1.19 bits per heavy atom. The van der Waals surface area contributed by atoms with E-state index < -0.39 is 0 Å². The molecule has 0 aliphatic heterocycles. The van der Waals surface area contributed by atoms with Gasteiger partial charge in [0.1, 0.15) is 0 Å². The number of rotatable bonds is 7. The van der Waals surface area contributed by atoms with Crippen LogP contribution in [0.2, 0.25) is 0 Å². The third kappa shape index (κ3) is 2.75. The largest absolute Gasteiger partial charge is 0.304 e. The van der Waals surface area contributed by atoms with Crippen LogP contribution in [0, 0.1) is 16.2 Å². The van der Waals surface area contributed by atoms with Crippen LogP contribution in [0.3, 0.4) is 0 Å². The molecule has 1 heteroatoms. The fraction of sp³-hybridized carbons (Fsp3) is 0.800. The quantitative estimate of drug-likeness (QED) is 0.572. The van der Waals surface area contributed by atoms with Crippen molar-refractivity contribution in [1.82, 2.24) is 0 Å². The highest BCUT2D eigenvalue weighted by Gasteiger charge is 2.34. The van der Waals surface area contributed by atoms with Crippen molar-refractivity contribution in [3.8, 4) is 0 Å². The Morgan fingerprint density at radius 1 is 0.875 bits per heavy atom. The molecule has 0 saturated carbocycles. The molecular weight excluding hydrogens is 194 g/mol. The van der Waals surface area contributed by atoms with E-state index in [4.69, 9.17) is 5.41 Å². The third-order valence-corrected chi connectivity index (χ3v) is 4.76. The molecule has 0 fully saturated rings. The topological polar surface area (TPSA) is 23.9 Å². The lowest BCUT2D eigenvalue weighted by atomic mass is 9.68. The van der Waals surface area contributed by atoms with Gasteiger partial charge in [0, 0.05) is 11.1 Å². The molecule has 0 aromatic rings. The first-order valence-electron chi connectivity index (χ1n) is 6.60. The molecule has 0 aliphatic rings. The smallest absolute Gasteiger partial charge is 0.0404 e. The van der Waals surface area contributed by atoms with Gasteiger partial charge in [0.25, 0.3) is 0 Å². The molecule has 0 heterocycles. The molecule has 1 nitrogen and oxygen atoms in total. The fourth-order valence-electron chi connectivity index (χ4n) is 1.95. The van der Waals surface area contributed by atoms with Crippen molar-refractivity contribution >= 4 is 5.71 Å². The summed E-state index contributed by atoms with van der Waals surface area (Å²) in [5.74, 6) is 0. The molecule has 0 radical (unpaired) electrons. The first-order chi connectivity index (χ1) is 7.31. The summed E-state index contributed by atoms with van der Waals surface area (Å²) in [6.45, 7) is 17.3. The van der Waals surface area contributed by atoms with E-state index in [2.05, 4.69) is 48.1 Å². The maximum absolute atomic E-state index is 8.41. The second-order valence-corrected chi connectivity index (χ2v) is 5.39. The van der Waals surface area contributed by atoms with E-state index in [-0.39, 0.29) is 10.8 Å². The van der Waals surface area contributed by atoms with Crippen molar-refractivity contribution in [3.63, 3.8) is 0 Å². The molecular formula is C15H29N. The molecule has 0 bridgehead atoms. The van der Waals surface area contributed by atoms with Crippen molar-refractivity contribution in [3.05, 3.63) is 12.2 Å². The van der Waals surface area contributed by atoms with E-state index in [1.165, 1.54) is 0 Å². The van der Waals surface area contributed by atoms with Gasteiger partial charge in [-0.2, -0.15) is 0 Å². The lowest BCUT2D eigenvalue weighted by molar-refractivity contribution is 0.364. The van der Waals surface area contributed by atoms with Crippen LogP contribution in [-0.4, -0.2) is 5.71 Å². The van der Waals surface area contributed by atoms with Gasteiger partial charge in [0.2, 0.25) is 0 Å². The van der Waals surface area contributed by atoms with E-state index >= 15 is 0 Å². The molecule has 0 amide bonds. The number of hydrogen-bond donors (Lipinski definition) is 1. The van der Waals surface area contributed by atoms with Gasteiger partial charge in [0.05, 0.1) is 0 Å². The zero-order chi connectivity index (χ0) is 13.0. The molecule has 0 aromatic carbocycles. The molecule has 94 valence electrons. The minimum Gasteiger partial charge on any atom is -0.304 e. The van der Waals surface area contributed by atoms with Crippen LogP contribution >= 0.6 is 0 Å². The maximum Gasteiger partial charge on any atom is 0.0404 e. The van der Waals surface area contributed by atoms with Crippen LogP contribution in [0.15, 0.2) is 12.2 Å². The summed E-state index contributed by atoms with van der Waals surface area (Å²) in [7, 11) is 0. The highest BCUT2D eigenvalue weighted by Crippen LogP contribution is 2.40. The van der Waals surface area contributed by atoms with Gasteiger partial charge in [-0.25, -0.2) is 0 Å². The number of allylic oxidation sites excluding steroid dienone is 1. The predicted molar refractivity (Wildman–Crippen MR) is 74.2 cm³/mol. The van der Waals surface area contributed by atoms with Crippen molar-refractivity contribution < 1.29 is 0 Å². The monoisotopic (exact) mass is 223 g/mol. The van der Waals surface area contributed by atoms with Gasteiger partial charge >= 0.3 is 0 Å². The molecule has 0 atom stereocenters. The van der Waals surface area contributed by atoms with Crippen molar-refractivity contribution in [1.29, 1.82) is 5.41 Å². The predicted octanol–water partition coefficient (Wildman–Crippen LogP) is 5.21. The fourth-order valence-corrected chi connectivity index (χ4v) is 1.95. The van der Waals surface area contributed by atoms with E-state index in [1.54, 1.807) is 0 Å². The molecule has 16 heavy (non-hydrogen) atoms. The van der Waals surface area contributed by atoms with Crippen molar-refractivity contribution in [2.45, 2.75) is 67.2 Å². The van der Waals surface area contributed by atoms with Crippen LogP contribution < -0.4 is 0 Å². The molecule has 0 aliphatic carbocycles. The van der Waals surface area contributed by atoms with E-state index in [1.807, 2.05) is 0 Å². The Bertz CT molecular complexity index is 227. The summed E-state index contributed by atoms with van der Waals surface area (Å²) >= 11 is 0. The lowest BCUT2D eigenvalue weighted by Gasteiger charge is -2.37. The second kappa shape index (κ2) is 5.65. The van der Waals surface area contributed by atoms with Gasteiger partial charge in [-0.3, -0.25) is 0 Å². The van der Waals surface area contributed by atoms with E-state index in [0.717, 1.165) is 37.0 Å². The summed E-state index contributed by atoms with van der Waals surface area (Å²) in [6, 6.07) is 0. The highest BCUT2D eigenvalue weighted by molar-refractivity contribution is 6.02. The Morgan fingerprint density at radius 3 is 1.44 bits per heavy atom. The first-order valence-corrected chi connectivity index (χ1v) is 6.60. The van der Waals surface area contributed by atoms with Crippen LogP contribution in [0.25, 0.3) is 0 Å². The zero-order valence-corrected chi connectivity index (χ0v) is 12.0. The summed E-state index contributed by atoms with van der Waals surface area (Å²) in [5, 5.41) is 8.41. The van der Waals surface area contributed by atoms with Crippen molar-refractivity contribution in [2.24, 2.45) is 10.8 Å². The first kappa shape index (κ1) is 15.4. The molecule has 0 aromatic heterocycles. The van der Waals surface area contributed by atoms with Crippen molar-refractivity contribution in [2.75, 3.05) is 0 Å². The average Bonchev–Trinajstić information content (AvgIpc) is 2.34. The van der Waals surface area contributed by atoms with Crippen LogP contribution in [0.4, 0.5) is 0 Å². The standard InChI is InChI=1S/C15H29N/c1-8-14(6,9-2)12(5)13(16)15(7,10-3)11-4/h16H,5,8-11H2,1-4,6-7H3. The summed E-state index contributed by atoms with van der Waals surface area (Å²) in [5.41, 5.74) is 1.91. The molecule has 0 rings (SSSR count). The number of hydrogen-bond acceptors (Lipinski definition) is 1. The van der Waals surface area contributed by atoms with E-state index in [0.29, 0.717) is 0 Å². The molecule has 0 saturated heterocycles. The zero-order valence-electron chi connectivity index (χ0n) is 12.0. The minimum atomic E-state index is 0.00266. The molecule has 0 spiro atoms. The van der Waals surface area contributed by atoms with Gasteiger partial charge in [0.15, 0.2) is 0 Å². The Balaban J connectivity index is 5.07. The average molecular weight is 223 g/mol. The van der Waals surface area contributed by atoms with Crippen LogP contribution in [0.5, 0.6) is 0 Å². The maximum atomic E-state index is 8.41. The minimum absolute atomic E-state index is 0.00266. The van der Waals surface area contributed by atoms with Crippen LogP contribution in [0.1, 0.15) is 67.2 Å². The Hall–Kier alpha value is -0.590. The number of nitrogens with one attached hydrogen (secondary N) is 1. The third-order valence-electron chi connectivity index (χ3n) is 4.76. The van der Waals surface area contributed by atoms with Gasteiger partial charge < -0.3 is 5.41 Å². The Labute approximate surface area is 102 Å². The van der Waals surface area contributed by atoms with Gasteiger partial charge in [-0.05, 0) is 36.7 Å². The lowest BCUT2D eigenvalue weighted by Crippen LogP contribution is -2.33. The van der Waals surface area contributed by atoms with Crippen LogP contribution in [-0.2, 0) is 0 Å². The Kier molecular flexibility index (Phi) is 5.44. The molecule has 1 N–H and O–H groups in total. The summed E-state index contributed by atoms with van der Waals surface area (Å²) < 4.78 is 0. The second-order valence-electron chi connectivity index (χ2n) is 5.39. The summed E-state index contributed by atoms with van der Waals surface area (Å²) in [4.78, 5) is 0. The normalized spacial score (nSPS) is 12.6. The van der Waals surface area contributed by atoms with E-state index in [9.17, 15) is 0 Å². The van der Waals surface area contributed by atoms with Gasteiger partial charge in [-0.15, -0.1) is 0 Å². The highest BCUT2D eigenvalue weighted by atomic mass is 14.5.